The number of ether oxygens (including phenoxy) is 1. The number of carbonyl (C=O) groups is 1. The van der Waals surface area contributed by atoms with Gasteiger partial charge in [0.1, 0.15) is 6.04 Å². The first kappa shape index (κ1) is 11.3. The molecule has 1 aromatic carbocycles. The largest absolute Gasteiger partial charge is 0.504 e. The van der Waals surface area contributed by atoms with Crippen LogP contribution < -0.4 is 5.73 Å². The summed E-state index contributed by atoms with van der Waals surface area (Å²) in [5, 5.41) is 18.3. The molecule has 0 fully saturated rings. The zero-order valence-electron chi connectivity index (χ0n) is 8.30. The average molecular weight is 211 g/mol. The summed E-state index contributed by atoms with van der Waals surface area (Å²) in [6.45, 7) is 0. The van der Waals surface area contributed by atoms with Crippen LogP contribution in [0.1, 0.15) is 5.56 Å². The minimum atomic E-state index is -0.765. The van der Waals surface area contributed by atoms with Crippen LogP contribution in [0.25, 0.3) is 0 Å². The lowest BCUT2D eigenvalue weighted by molar-refractivity contribution is -0.142. The zero-order valence-corrected chi connectivity index (χ0v) is 8.30. The summed E-state index contributed by atoms with van der Waals surface area (Å²) >= 11 is 0. The number of phenolic OH excluding ortho intramolecular Hbond substituents is 2. The van der Waals surface area contributed by atoms with Crippen LogP contribution in [0, 0.1) is 0 Å². The van der Waals surface area contributed by atoms with Gasteiger partial charge in [-0.25, -0.2) is 0 Å². The van der Waals surface area contributed by atoms with E-state index in [1.807, 2.05) is 0 Å². The van der Waals surface area contributed by atoms with Crippen molar-refractivity contribution in [3.05, 3.63) is 23.8 Å². The highest BCUT2D eigenvalue weighted by atomic mass is 16.5. The number of aromatic hydroxyl groups is 2. The molecule has 15 heavy (non-hydrogen) atoms. The van der Waals surface area contributed by atoms with Crippen LogP contribution >= 0.6 is 0 Å². The van der Waals surface area contributed by atoms with Crippen molar-refractivity contribution in [3.8, 4) is 11.5 Å². The van der Waals surface area contributed by atoms with Crippen molar-refractivity contribution in [2.75, 3.05) is 7.11 Å². The van der Waals surface area contributed by atoms with Gasteiger partial charge in [0.15, 0.2) is 11.5 Å². The number of benzene rings is 1. The van der Waals surface area contributed by atoms with E-state index < -0.39 is 12.0 Å². The molecule has 0 bridgehead atoms. The zero-order chi connectivity index (χ0) is 11.4. The van der Waals surface area contributed by atoms with Crippen molar-refractivity contribution in [3.63, 3.8) is 0 Å². The van der Waals surface area contributed by atoms with E-state index in [9.17, 15) is 9.90 Å². The first-order chi connectivity index (χ1) is 7.04. The summed E-state index contributed by atoms with van der Waals surface area (Å²) in [5.41, 5.74) is 6.18. The minimum Gasteiger partial charge on any atom is -0.504 e. The Morgan fingerprint density at radius 2 is 2.13 bits per heavy atom. The van der Waals surface area contributed by atoms with Crippen LogP contribution in [-0.2, 0) is 16.0 Å². The Kier molecular flexibility index (Phi) is 3.51. The van der Waals surface area contributed by atoms with Gasteiger partial charge in [0.2, 0.25) is 0 Å². The smallest absolute Gasteiger partial charge is 0.322 e. The Balaban J connectivity index is 2.73. The molecule has 0 saturated heterocycles. The molecule has 0 amide bonds. The quantitative estimate of drug-likeness (QED) is 0.488. The summed E-state index contributed by atoms with van der Waals surface area (Å²) in [6, 6.07) is 3.52. The first-order valence-electron chi connectivity index (χ1n) is 4.39. The summed E-state index contributed by atoms with van der Waals surface area (Å²) in [4.78, 5) is 11.0. The van der Waals surface area contributed by atoms with Crippen LogP contribution in [0.5, 0.6) is 11.5 Å². The second-order valence-corrected chi connectivity index (χ2v) is 3.16. The fraction of sp³-hybridized carbons (Fsp3) is 0.300. The Bertz CT molecular complexity index is 364. The standard InChI is InChI=1S/C10H13NO4/c1-15-10(14)7(11)4-6-2-3-8(12)9(13)5-6/h2-3,5,7,12-13H,4,11H2,1H3/t7-/m1/s1. The highest BCUT2D eigenvalue weighted by molar-refractivity contribution is 5.75. The molecule has 82 valence electrons. The number of rotatable bonds is 3. The molecule has 0 aromatic heterocycles. The van der Waals surface area contributed by atoms with Crippen LogP contribution in [0.2, 0.25) is 0 Å². The number of carbonyl (C=O) groups excluding carboxylic acids is 1. The van der Waals surface area contributed by atoms with Gasteiger partial charge in [0.05, 0.1) is 7.11 Å². The normalized spacial score (nSPS) is 12.1. The molecule has 0 radical (unpaired) electrons. The van der Waals surface area contributed by atoms with Gasteiger partial charge in [-0.2, -0.15) is 0 Å². The van der Waals surface area contributed by atoms with E-state index in [0.717, 1.165) is 0 Å². The van der Waals surface area contributed by atoms with Gasteiger partial charge in [0, 0.05) is 0 Å². The maximum Gasteiger partial charge on any atom is 0.322 e. The average Bonchev–Trinajstić information content (AvgIpc) is 2.22. The number of esters is 1. The molecule has 1 atom stereocenters. The predicted molar refractivity (Wildman–Crippen MR) is 53.5 cm³/mol. The molecule has 0 spiro atoms. The maximum atomic E-state index is 11.0. The van der Waals surface area contributed by atoms with Gasteiger partial charge in [-0.15, -0.1) is 0 Å². The summed E-state index contributed by atoms with van der Waals surface area (Å²) in [5.74, 6) is -0.947. The molecule has 1 rings (SSSR count). The Morgan fingerprint density at radius 1 is 1.47 bits per heavy atom. The molecule has 0 heterocycles. The molecular formula is C10H13NO4. The first-order valence-corrected chi connectivity index (χ1v) is 4.39. The molecular weight excluding hydrogens is 198 g/mol. The van der Waals surface area contributed by atoms with E-state index in [0.29, 0.717) is 5.56 Å². The Labute approximate surface area is 87.1 Å². The maximum absolute atomic E-state index is 11.0. The monoisotopic (exact) mass is 211 g/mol. The summed E-state index contributed by atoms with van der Waals surface area (Å²) < 4.78 is 4.46. The van der Waals surface area contributed by atoms with Crippen LogP contribution in [0.15, 0.2) is 18.2 Å². The predicted octanol–water partition coefficient (Wildman–Crippen LogP) is 0.141. The van der Waals surface area contributed by atoms with E-state index in [2.05, 4.69) is 4.74 Å². The molecule has 5 nitrogen and oxygen atoms in total. The number of phenols is 2. The van der Waals surface area contributed by atoms with Crippen molar-refractivity contribution in [1.82, 2.24) is 0 Å². The van der Waals surface area contributed by atoms with Crippen molar-refractivity contribution in [2.24, 2.45) is 5.73 Å². The molecule has 0 aliphatic rings. The van der Waals surface area contributed by atoms with E-state index in [-0.39, 0.29) is 17.9 Å². The van der Waals surface area contributed by atoms with Gasteiger partial charge in [-0.05, 0) is 24.1 Å². The van der Waals surface area contributed by atoms with Crippen molar-refractivity contribution in [2.45, 2.75) is 12.5 Å². The number of nitrogens with two attached hydrogens (primary N) is 1. The third kappa shape index (κ3) is 2.85. The summed E-state index contributed by atoms with van der Waals surface area (Å²) in [6.07, 6.45) is 0.251. The molecule has 4 N–H and O–H groups in total. The Hall–Kier alpha value is -1.75. The van der Waals surface area contributed by atoms with Crippen molar-refractivity contribution in [1.29, 1.82) is 0 Å². The van der Waals surface area contributed by atoms with Crippen molar-refractivity contribution < 1.29 is 19.7 Å². The second kappa shape index (κ2) is 4.65. The van der Waals surface area contributed by atoms with Gasteiger partial charge in [-0.3, -0.25) is 4.79 Å². The van der Waals surface area contributed by atoms with Crippen LogP contribution in [-0.4, -0.2) is 29.3 Å². The van der Waals surface area contributed by atoms with Gasteiger partial charge >= 0.3 is 5.97 Å². The SMILES string of the molecule is COC(=O)[C@H](N)Cc1ccc(O)c(O)c1. The van der Waals surface area contributed by atoms with Crippen LogP contribution in [0.3, 0.4) is 0 Å². The molecule has 5 heteroatoms. The number of methoxy groups -OCH3 is 1. The minimum absolute atomic E-state index is 0.203. The fourth-order valence-electron chi connectivity index (χ4n) is 1.18. The third-order valence-corrected chi connectivity index (χ3v) is 2.00. The van der Waals surface area contributed by atoms with E-state index in [1.54, 1.807) is 6.07 Å². The van der Waals surface area contributed by atoms with Gasteiger partial charge < -0.3 is 20.7 Å². The van der Waals surface area contributed by atoms with E-state index in [4.69, 9.17) is 10.8 Å². The lowest BCUT2D eigenvalue weighted by Gasteiger charge is -2.09. The second-order valence-electron chi connectivity index (χ2n) is 3.16. The molecule has 0 aliphatic carbocycles. The highest BCUT2D eigenvalue weighted by Gasteiger charge is 2.14. The fourth-order valence-corrected chi connectivity index (χ4v) is 1.18. The summed E-state index contributed by atoms with van der Waals surface area (Å²) in [7, 11) is 1.26. The van der Waals surface area contributed by atoms with Gasteiger partial charge in [0.25, 0.3) is 0 Å². The van der Waals surface area contributed by atoms with Crippen molar-refractivity contribution >= 4 is 5.97 Å². The highest BCUT2D eigenvalue weighted by Crippen LogP contribution is 2.25. The van der Waals surface area contributed by atoms with Crippen LogP contribution in [0.4, 0.5) is 0 Å². The Morgan fingerprint density at radius 3 is 2.67 bits per heavy atom. The molecule has 0 saturated carbocycles. The lowest BCUT2D eigenvalue weighted by atomic mass is 10.1. The number of hydrogen-bond acceptors (Lipinski definition) is 5. The molecule has 0 unspecified atom stereocenters. The lowest BCUT2D eigenvalue weighted by Crippen LogP contribution is -2.33. The van der Waals surface area contributed by atoms with E-state index in [1.165, 1.54) is 19.2 Å². The molecule has 0 aliphatic heterocycles. The van der Waals surface area contributed by atoms with E-state index >= 15 is 0 Å². The topological polar surface area (TPSA) is 92.8 Å². The third-order valence-electron chi connectivity index (χ3n) is 2.00. The molecule has 1 aromatic rings. The number of hydrogen-bond donors (Lipinski definition) is 3. The van der Waals surface area contributed by atoms with Gasteiger partial charge in [-0.1, -0.05) is 6.07 Å².